The first-order chi connectivity index (χ1) is 9.54. The fraction of sp³-hybridized carbons (Fsp3) is 0.214. The summed E-state index contributed by atoms with van der Waals surface area (Å²) in [4.78, 5) is 21.8. The largest absolute Gasteiger partial charge is 0.347 e. The molecule has 1 aromatic heterocycles. The second-order valence-corrected chi connectivity index (χ2v) is 4.61. The molecule has 2 aromatic rings. The summed E-state index contributed by atoms with van der Waals surface area (Å²) >= 11 is 0. The Morgan fingerprint density at radius 1 is 1.00 bits per heavy atom. The number of aryl methyl sites for hydroxylation is 1. The molecule has 0 unspecified atom stereocenters. The summed E-state index contributed by atoms with van der Waals surface area (Å²) in [5.74, 6) is 0.592. The zero-order valence-corrected chi connectivity index (χ0v) is 11.7. The van der Waals surface area contributed by atoms with E-state index in [1.165, 1.54) is 0 Å². The molecule has 1 aromatic carbocycles. The van der Waals surface area contributed by atoms with Gasteiger partial charge in [0.1, 0.15) is 0 Å². The van der Waals surface area contributed by atoms with Gasteiger partial charge < -0.3 is 15.5 Å². The van der Waals surface area contributed by atoms with Crippen molar-refractivity contribution < 1.29 is 4.79 Å². The first kappa shape index (κ1) is 13.8. The van der Waals surface area contributed by atoms with Gasteiger partial charge in [-0.2, -0.15) is 0 Å². The van der Waals surface area contributed by atoms with Crippen molar-refractivity contribution in [3.8, 4) is 0 Å². The highest BCUT2D eigenvalue weighted by Crippen LogP contribution is 2.11. The fourth-order valence-electron chi connectivity index (χ4n) is 1.55. The van der Waals surface area contributed by atoms with E-state index < -0.39 is 0 Å². The average Bonchev–Trinajstić information content (AvgIpc) is 2.42. The number of amides is 2. The van der Waals surface area contributed by atoms with E-state index in [0.29, 0.717) is 11.6 Å². The molecule has 0 atom stereocenters. The summed E-state index contributed by atoms with van der Waals surface area (Å²) in [5, 5.41) is 5.42. The van der Waals surface area contributed by atoms with E-state index in [1.54, 1.807) is 17.3 Å². The predicted octanol–water partition coefficient (Wildman–Crippen LogP) is 2.50. The first-order valence-electron chi connectivity index (χ1n) is 6.18. The maximum Gasteiger partial charge on any atom is 0.323 e. The third kappa shape index (κ3) is 3.68. The normalized spacial score (nSPS) is 9.95. The summed E-state index contributed by atoms with van der Waals surface area (Å²) in [5.41, 5.74) is 2.42. The Morgan fingerprint density at radius 3 is 2.10 bits per heavy atom. The topological polar surface area (TPSA) is 70.2 Å². The van der Waals surface area contributed by atoms with Crippen molar-refractivity contribution in [2.45, 2.75) is 6.92 Å². The van der Waals surface area contributed by atoms with Crippen molar-refractivity contribution in [2.75, 3.05) is 29.6 Å². The van der Waals surface area contributed by atoms with E-state index in [9.17, 15) is 4.79 Å². The van der Waals surface area contributed by atoms with E-state index in [4.69, 9.17) is 0 Å². The number of nitrogens with zero attached hydrogens (tertiary/aromatic N) is 3. The van der Waals surface area contributed by atoms with Crippen LogP contribution < -0.4 is 15.5 Å². The molecule has 0 aliphatic rings. The lowest BCUT2D eigenvalue weighted by molar-refractivity contribution is 0.262. The summed E-state index contributed by atoms with van der Waals surface area (Å²) in [6.07, 6.45) is 3.13. The molecule has 0 aliphatic heterocycles. The lowest BCUT2D eigenvalue weighted by Crippen LogP contribution is -2.20. The lowest BCUT2D eigenvalue weighted by atomic mass is 10.2. The molecule has 20 heavy (non-hydrogen) atoms. The van der Waals surface area contributed by atoms with Crippen molar-refractivity contribution in [3.63, 3.8) is 0 Å². The van der Waals surface area contributed by atoms with Crippen LogP contribution in [0.5, 0.6) is 0 Å². The molecule has 0 fully saturated rings. The van der Waals surface area contributed by atoms with Crippen LogP contribution in [0.15, 0.2) is 36.7 Å². The zero-order chi connectivity index (χ0) is 14.5. The minimum Gasteiger partial charge on any atom is -0.347 e. The molecule has 2 N–H and O–H groups in total. The number of hydrogen-bond donors (Lipinski definition) is 2. The maximum absolute atomic E-state index is 11.8. The smallest absolute Gasteiger partial charge is 0.323 e. The standard InChI is InChI=1S/C14H17N5O/c1-10-4-6-11(7-5-10)17-14(20)18-12-8-15-13(16-9-12)19(2)3/h4-9H,1-3H3,(H2,17,18,20). The Bertz CT molecular complexity index is 578. The summed E-state index contributed by atoms with van der Waals surface area (Å²) in [6, 6.07) is 7.24. The molecule has 0 bridgehead atoms. The minimum absolute atomic E-state index is 0.324. The minimum atomic E-state index is -0.324. The molecule has 0 spiro atoms. The van der Waals surface area contributed by atoms with Crippen LogP contribution in [0.4, 0.5) is 22.1 Å². The summed E-state index contributed by atoms with van der Waals surface area (Å²) < 4.78 is 0. The third-order valence-electron chi connectivity index (χ3n) is 2.61. The van der Waals surface area contributed by atoms with Gasteiger partial charge in [0.05, 0.1) is 18.1 Å². The third-order valence-corrected chi connectivity index (χ3v) is 2.61. The van der Waals surface area contributed by atoms with Gasteiger partial charge in [0.2, 0.25) is 5.95 Å². The van der Waals surface area contributed by atoms with Crippen molar-refractivity contribution in [2.24, 2.45) is 0 Å². The van der Waals surface area contributed by atoms with Crippen molar-refractivity contribution in [1.29, 1.82) is 0 Å². The Kier molecular flexibility index (Phi) is 4.14. The van der Waals surface area contributed by atoms with Gasteiger partial charge in [-0.25, -0.2) is 14.8 Å². The number of urea groups is 1. The number of carbonyl (C=O) groups excluding carboxylic acids is 1. The Labute approximate surface area is 117 Å². The molecule has 0 aliphatic carbocycles. The Balaban J connectivity index is 1.95. The van der Waals surface area contributed by atoms with Crippen LogP contribution in [0.1, 0.15) is 5.56 Å². The molecule has 2 amide bonds. The van der Waals surface area contributed by atoms with Gasteiger partial charge in [0.15, 0.2) is 0 Å². The number of anilines is 3. The summed E-state index contributed by atoms with van der Waals surface area (Å²) in [7, 11) is 3.71. The van der Waals surface area contributed by atoms with Gasteiger partial charge in [-0.05, 0) is 19.1 Å². The lowest BCUT2D eigenvalue weighted by Gasteiger charge is -2.11. The van der Waals surface area contributed by atoms with Crippen LogP contribution in [0.25, 0.3) is 0 Å². The van der Waals surface area contributed by atoms with Crippen LogP contribution in [0, 0.1) is 6.92 Å². The molecule has 1 heterocycles. The molecule has 0 saturated heterocycles. The fourth-order valence-corrected chi connectivity index (χ4v) is 1.55. The maximum atomic E-state index is 11.8. The molecule has 6 heteroatoms. The molecule has 0 saturated carbocycles. The van der Waals surface area contributed by atoms with Gasteiger partial charge in [-0.15, -0.1) is 0 Å². The van der Waals surface area contributed by atoms with Crippen LogP contribution in [0.3, 0.4) is 0 Å². The average molecular weight is 271 g/mol. The molecular weight excluding hydrogens is 254 g/mol. The van der Waals surface area contributed by atoms with E-state index in [2.05, 4.69) is 20.6 Å². The number of benzene rings is 1. The van der Waals surface area contributed by atoms with Gasteiger partial charge in [0, 0.05) is 19.8 Å². The second-order valence-electron chi connectivity index (χ2n) is 4.61. The second kappa shape index (κ2) is 6.01. The zero-order valence-electron chi connectivity index (χ0n) is 11.7. The van der Waals surface area contributed by atoms with Crippen molar-refractivity contribution in [1.82, 2.24) is 9.97 Å². The monoisotopic (exact) mass is 271 g/mol. The highest BCUT2D eigenvalue weighted by atomic mass is 16.2. The van der Waals surface area contributed by atoms with E-state index in [1.807, 2.05) is 45.3 Å². The van der Waals surface area contributed by atoms with Crippen LogP contribution in [-0.4, -0.2) is 30.1 Å². The molecule has 6 nitrogen and oxygen atoms in total. The van der Waals surface area contributed by atoms with Crippen molar-refractivity contribution >= 4 is 23.4 Å². The number of carbonyl (C=O) groups is 1. The van der Waals surface area contributed by atoms with E-state index in [0.717, 1.165) is 11.3 Å². The van der Waals surface area contributed by atoms with Crippen LogP contribution in [-0.2, 0) is 0 Å². The SMILES string of the molecule is Cc1ccc(NC(=O)Nc2cnc(N(C)C)nc2)cc1. The van der Waals surface area contributed by atoms with E-state index in [-0.39, 0.29) is 6.03 Å². The number of nitrogens with one attached hydrogen (secondary N) is 2. The van der Waals surface area contributed by atoms with Gasteiger partial charge in [-0.3, -0.25) is 0 Å². The molecule has 0 radical (unpaired) electrons. The van der Waals surface area contributed by atoms with E-state index >= 15 is 0 Å². The van der Waals surface area contributed by atoms with Crippen LogP contribution >= 0.6 is 0 Å². The Hall–Kier alpha value is -2.63. The highest BCUT2D eigenvalue weighted by molar-refractivity contribution is 5.99. The van der Waals surface area contributed by atoms with Gasteiger partial charge in [0.25, 0.3) is 0 Å². The summed E-state index contributed by atoms with van der Waals surface area (Å²) in [6.45, 7) is 1.99. The van der Waals surface area contributed by atoms with Crippen LogP contribution in [0.2, 0.25) is 0 Å². The van der Waals surface area contributed by atoms with Gasteiger partial charge in [-0.1, -0.05) is 17.7 Å². The molecular formula is C14H17N5O. The molecule has 104 valence electrons. The van der Waals surface area contributed by atoms with Gasteiger partial charge >= 0.3 is 6.03 Å². The number of rotatable bonds is 3. The number of aromatic nitrogens is 2. The Morgan fingerprint density at radius 2 is 1.55 bits per heavy atom. The first-order valence-corrected chi connectivity index (χ1v) is 6.18. The quantitative estimate of drug-likeness (QED) is 0.899. The highest BCUT2D eigenvalue weighted by Gasteiger charge is 2.04. The predicted molar refractivity (Wildman–Crippen MR) is 80.2 cm³/mol. The van der Waals surface area contributed by atoms with Crippen molar-refractivity contribution in [3.05, 3.63) is 42.2 Å². The molecule has 2 rings (SSSR count). The number of hydrogen-bond acceptors (Lipinski definition) is 4.